The lowest BCUT2D eigenvalue weighted by molar-refractivity contribution is -0.139. The molecule has 0 fully saturated rings. The van der Waals surface area contributed by atoms with Crippen LogP contribution in [0.5, 0.6) is 5.75 Å². The van der Waals surface area contributed by atoms with E-state index < -0.39 is 22.7 Å². The first-order valence-electron chi connectivity index (χ1n) is 10.0. The molecule has 176 valence electrons. The monoisotopic (exact) mass is 483 g/mol. The Bertz CT molecular complexity index is 1370. The van der Waals surface area contributed by atoms with Gasteiger partial charge in [0.25, 0.3) is 10.1 Å². The van der Waals surface area contributed by atoms with E-state index in [-0.39, 0.29) is 4.90 Å². The molecule has 0 spiro atoms. The second kappa shape index (κ2) is 9.00. The van der Waals surface area contributed by atoms with Crippen molar-refractivity contribution in [2.75, 3.05) is 16.8 Å². The van der Waals surface area contributed by atoms with Crippen molar-refractivity contribution in [3.05, 3.63) is 77.5 Å². The lowest BCUT2D eigenvalue weighted by Crippen LogP contribution is -2.45. The van der Waals surface area contributed by atoms with Crippen LogP contribution in [0.3, 0.4) is 0 Å². The number of carbonyl (C=O) groups is 1. The third-order valence-electron chi connectivity index (χ3n) is 5.01. The summed E-state index contributed by atoms with van der Waals surface area (Å²) < 4.78 is 37.4. The van der Waals surface area contributed by atoms with Gasteiger partial charge in [-0.15, -0.1) is 10.2 Å². The number of amidine groups is 1. The number of hydrogen-bond acceptors (Lipinski definition) is 9. The fourth-order valence-electron chi connectivity index (χ4n) is 3.12. The highest BCUT2D eigenvalue weighted by molar-refractivity contribution is 7.85. The number of nitrogens with one attached hydrogen (secondary N) is 1. The molecular formula is C22H21N5O6S. The molecule has 0 aliphatic carbocycles. The van der Waals surface area contributed by atoms with Gasteiger partial charge in [0.15, 0.2) is 18.3 Å². The van der Waals surface area contributed by atoms with Gasteiger partial charge in [-0.25, -0.2) is 9.78 Å². The average molecular weight is 484 g/mol. The molecule has 2 heterocycles. The molecule has 11 nitrogen and oxygen atoms in total. The summed E-state index contributed by atoms with van der Waals surface area (Å²) in [6, 6.07) is 14.2. The maximum atomic E-state index is 11.4. The summed E-state index contributed by atoms with van der Waals surface area (Å²) in [5.74, 6) is 0.187. The number of aliphatic carboxylic acids is 1. The molecular weight excluding hydrogens is 462 g/mol. The third kappa shape index (κ3) is 4.92. The molecule has 3 aromatic rings. The van der Waals surface area contributed by atoms with Crippen molar-refractivity contribution >= 4 is 33.4 Å². The van der Waals surface area contributed by atoms with Crippen LogP contribution in [0, 0.1) is 13.8 Å². The Labute approximate surface area is 195 Å². The Kier molecular flexibility index (Phi) is 6.09. The van der Waals surface area contributed by atoms with E-state index in [1.165, 1.54) is 29.4 Å². The van der Waals surface area contributed by atoms with Crippen LogP contribution in [0.2, 0.25) is 0 Å². The summed E-state index contributed by atoms with van der Waals surface area (Å²) in [5, 5.41) is 16.6. The van der Waals surface area contributed by atoms with Gasteiger partial charge in [0.2, 0.25) is 0 Å². The molecule has 4 rings (SSSR count). The first-order chi connectivity index (χ1) is 16.1. The number of hydrazone groups is 1. The van der Waals surface area contributed by atoms with Gasteiger partial charge < -0.3 is 9.84 Å². The molecule has 2 aromatic carbocycles. The van der Waals surface area contributed by atoms with E-state index in [1.54, 1.807) is 35.6 Å². The maximum absolute atomic E-state index is 11.4. The number of benzene rings is 2. The first kappa shape index (κ1) is 23.0. The fourth-order valence-corrected chi connectivity index (χ4v) is 3.60. The molecule has 34 heavy (non-hydrogen) atoms. The van der Waals surface area contributed by atoms with Crippen molar-refractivity contribution < 1.29 is 27.6 Å². The highest BCUT2D eigenvalue weighted by atomic mass is 32.2. The lowest BCUT2D eigenvalue weighted by Gasteiger charge is -2.27. The number of rotatable bonds is 7. The molecule has 1 aliphatic rings. The SMILES string of the molecule is Cc1cnc(N2N=C(c3cccc(OCC(=O)O)c3)NN2c2ccc(S(=O)(=O)O)cc2)cc1C. The minimum Gasteiger partial charge on any atom is -0.482 e. The van der Waals surface area contributed by atoms with E-state index in [4.69, 9.17) is 9.84 Å². The second-order valence-corrected chi connectivity index (χ2v) is 8.89. The summed E-state index contributed by atoms with van der Waals surface area (Å²) in [6.07, 6.45) is 1.72. The van der Waals surface area contributed by atoms with Crippen molar-refractivity contribution in [3.63, 3.8) is 0 Å². The van der Waals surface area contributed by atoms with Crippen LogP contribution in [-0.4, -0.2) is 41.5 Å². The van der Waals surface area contributed by atoms with Crippen LogP contribution in [0.15, 0.2) is 70.8 Å². The van der Waals surface area contributed by atoms with Crippen LogP contribution in [-0.2, 0) is 14.9 Å². The molecule has 12 heteroatoms. The van der Waals surface area contributed by atoms with Crippen molar-refractivity contribution in [1.82, 2.24) is 10.4 Å². The quantitative estimate of drug-likeness (QED) is 0.429. The lowest BCUT2D eigenvalue weighted by atomic mass is 10.2. The third-order valence-corrected chi connectivity index (χ3v) is 5.88. The Balaban J connectivity index is 1.71. The number of pyridine rings is 1. The average Bonchev–Trinajstić information content (AvgIpc) is 3.25. The summed E-state index contributed by atoms with van der Waals surface area (Å²) in [6.45, 7) is 3.41. The van der Waals surface area contributed by atoms with Gasteiger partial charge in [0.1, 0.15) is 5.75 Å². The number of anilines is 2. The largest absolute Gasteiger partial charge is 0.482 e. The van der Waals surface area contributed by atoms with Gasteiger partial charge >= 0.3 is 5.97 Å². The fraction of sp³-hybridized carbons (Fsp3) is 0.136. The zero-order valence-electron chi connectivity index (χ0n) is 18.2. The van der Waals surface area contributed by atoms with E-state index in [2.05, 4.69) is 15.5 Å². The van der Waals surface area contributed by atoms with E-state index in [0.29, 0.717) is 28.7 Å². The van der Waals surface area contributed by atoms with Gasteiger partial charge in [0.05, 0.1) is 10.6 Å². The number of hydrogen-bond donors (Lipinski definition) is 3. The van der Waals surface area contributed by atoms with Crippen LogP contribution >= 0.6 is 0 Å². The normalized spacial score (nSPS) is 13.4. The Morgan fingerprint density at radius 1 is 1.09 bits per heavy atom. The van der Waals surface area contributed by atoms with Crippen molar-refractivity contribution in [1.29, 1.82) is 0 Å². The van der Waals surface area contributed by atoms with Gasteiger partial charge in [-0.2, -0.15) is 13.5 Å². The number of nitrogens with zero attached hydrogens (tertiary/aromatic N) is 4. The maximum Gasteiger partial charge on any atom is 0.341 e. The summed E-state index contributed by atoms with van der Waals surface area (Å²) >= 11 is 0. The van der Waals surface area contributed by atoms with Crippen LogP contribution in [0.4, 0.5) is 11.5 Å². The molecule has 3 N–H and O–H groups in total. The standard InChI is InChI=1S/C22H21N5O6S/c1-14-10-20(23-12-15(14)2)27-25-22(16-4-3-5-18(11-16)33-13-21(28)29)24-26(27)17-6-8-19(9-7-17)34(30,31)32/h3-12H,13H2,1-2H3,(H,24,25)(H,28,29)(H,30,31,32). The van der Waals surface area contributed by atoms with Crippen molar-refractivity contribution in [2.45, 2.75) is 18.7 Å². The van der Waals surface area contributed by atoms with Gasteiger partial charge in [-0.05, 0) is 67.4 Å². The van der Waals surface area contributed by atoms with Gasteiger partial charge in [-0.1, -0.05) is 12.1 Å². The van der Waals surface area contributed by atoms with E-state index >= 15 is 0 Å². The van der Waals surface area contributed by atoms with Crippen LogP contribution < -0.4 is 20.4 Å². The van der Waals surface area contributed by atoms with Crippen molar-refractivity contribution in [3.8, 4) is 5.75 Å². The molecule has 0 atom stereocenters. The highest BCUT2D eigenvalue weighted by Crippen LogP contribution is 2.27. The molecule has 0 unspecified atom stereocenters. The number of hydrazine groups is 2. The summed E-state index contributed by atoms with van der Waals surface area (Å²) in [4.78, 5) is 15.0. The van der Waals surface area contributed by atoms with Gasteiger partial charge in [0, 0.05) is 11.8 Å². The number of aryl methyl sites for hydroxylation is 2. The second-order valence-electron chi connectivity index (χ2n) is 7.47. The zero-order valence-corrected chi connectivity index (χ0v) is 19.0. The molecule has 0 saturated heterocycles. The number of carboxylic acid groups (broad SMARTS) is 1. The number of carboxylic acids is 1. The number of aromatic nitrogens is 1. The van der Waals surface area contributed by atoms with Crippen LogP contribution in [0.25, 0.3) is 0 Å². The smallest absolute Gasteiger partial charge is 0.341 e. The summed E-state index contributed by atoms with van der Waals surface area (Å²) in [7, 11) is -4.34. The minimum atomic E-state index is -4.34. The molecule has 0 amide bonds. The van der Waals surface area contributed by atoms with Crippen LogP contribution in [0.1, 0.15) is 16.7 Å². The summed E-state index contributed by atoms with van der Waals surface area (Å²) in [5.41, 5.74) is 6.29. The first-order valence-corrected chi connectivity index (χ1v) is 11.5. The highest BCUT2D eigenvalue weighted by Gasteiger charge is 2.28. The molecule has 0 radical (unpaired) electrons. The Morgan fingerprint density at radius 3 is 2.47 bits per heavy atom. The van der Waals surface area contributed by atoms with E-state index in [9.17, 15) is 17.8 Å². The predicted molar refractivity (Wildman–Crippen MR) is 124 cm³/mol. The molecule has 1 aliphatic heterocycles. The Hall–Kier alpha value is -4.16. The minimum absolute atomic E-state index is 0.240. The molecule has 0 bridgehead atoms. The Morgan fingerprint density at radius 2 is 1.82 bits per heavy atom. The molecule has 0 saturated carbocycles. The number of ether oxygens (including phenoxy) is 1. The van der Waals surface area contributed by atoms with Crippen molar-refractivity contribution in [2.24, 2.45) is 5.10 Å². The van der Waals surface area contributed by atoms with E-state index in [1.807, 2.05) is 19.9 Å². The van der Waals surface area contributed by atoms with E-state index in [0.717, 1.165) is 11.1 Å². The van der Waals surface area contributed by atoms with Gasteiger partial charge in [-0.3, -0.25) is 9.98 Å². The molecule has 1 aromatic heterocycles. The zero-order chi connectivity index (χ0) is 24.5. The topological polar surface area (TPSA) is 145 Å². The predicted octanol–water partition coefficient (Wildman–Crippen LogP) is 2.52.